The number of carbonyl (C=O) groups is 1. The second kappa shape index (κ2) is 8.57. The molecule has 0 aliphatic heterocycles. The lowest BCUT2D eigenvalue weighted by Gasteiger charge is -2.10. The van der Waals surface area contributed by atoms with Gasteiger partial charge in [-0.15, -0.1) is 0 Å². The van der Waals surface area contributed by atoms with Crippen LogP contribution in [0.1, 0.15) is 38.7 Å². The lowest BCUT2D eigenvalue weighted by atomic mass is 10.1. The number of hydrogen-bond acceptors (Lipinski definition) is 5. The number of hydrogen-bond donors (Lipinski definition) is 3. The van der Waals surface area contributed by atoms with Crippen LogP contribution >= 0.6 is 0 Å². The van der Waals surface area contributed by atoms with E-state index in [4.69, 9.17) is 10.8 Å². The molecule has 3 aromatic rings. The van der Waals surface area contributed by atoms with Crippen LogP contribution in [0.3, 0.4) is 0 Å². The molecule has 1 aromatic carbocycles. The number of imidazole rings is 1. The highest BCUT2D eigenvalue weighted by atomic mass is 16.4. The number of carboxylic acid groups (broad SMARTS) is 1. The van der Waals surface area contributed by atoms with E-state index in [1.54, 1.807) is 25.3 Å². The van der Waals surface area contributed by atoms with E-state index in [1.165, 1.54) is 5.56 Å². The summed E-state index contributed by atoms with van der Waals surface area (Å²) in [5, 5.41) is 12.4. The van der Waals surface area contributed by atoms with Crippen LogP contribution in [0.4, 0.5) is 0 Å². The van der Waals surface area contributed by atoms with E-state index < -0.39 is 5.97 Å². The summed E-state index contributed by atoms with van der Waals surface area (Å²) in [6, 6.07) is 11.3. The van der Waals surface area contributed by atoms with Crippen LogP contribution in [0.5, 0.6) is 0 Å². The molecule has 0 aliphatic carbocycles. The largest absolute Gasteiger partial charge is 0.478 e. The second-order valence-corrected chi connectivity index (χ2v) is 6.39. The molecule has 0 bridgehead atoms. The van der Waals surface area contributed by atoms with Crippen LogP contribution in [0, 0.1) is 6.92 Å². The maximum atomic E-state index is 11.2. The Balaban J connectivity index is 1.63. The predicted molar refractivity (Wildman–Crippen MR) is 102 cm³/mol. The Kier molecular flexibility index (Phi) is 5.95. The van der Waals surface area contributed by atoms with Gasteiger partial charge in [-0.3, -0.25) is 4.98 Å². The average molecular weight is 365 g/mol. The molecular formula is C20H23N5O2. The molecule has 0 unspecified atom stereocenters. The van der Waals surface area contributed by atoms with Crippen molar-refractivity contribution in [2.45, 2.75) is 33.1 Å². The number of pyridine rings is 1. The maximum absolute atomic E-state index is 11.2. The zero-order valence-electron chi connectivity index (χ0n) is 15.2. The Morgan fingerprint density at radius 3 is 2.81 bits per heavy atom. The molecule has 0 amide bonds. The number of nitrogens with zero attached hydrogens (tertiary/aromatic N) is 3. The molecule has 7 nitrogen and oxygen atoms in total. The highest BCUT2D eigenvalue weighted by Gasteiger charge is 2.08. The molecule has 4 N–H and O–H groups in total. The molecule has 2 heterocycles. The molecule has 140 valence electrons. The molecule has 7 heteroatoms. The Morgan fingerprint density at radius 1 is 1.22 bits per heavy atom. The van der Waals surface area contributed by atoms with Gasteiger partial charge in [-0.1, -0.05) is 24.3 Å². The van der Waals surface area contributed by atoms with Gasteiger partial charge >= 0.3 is 5.97 Å². The first-order valence-corrected chi connectivity index (χ1v) is 8.74. The van der Waals surface area contributed by atoms with Gasteiger partial charge in [0.2, 0.25) is 0 Å². The summed E-state index contributed by atoms with van der Waals surface area (Å²) in [5.74, 6) is -0.0451. The number of nitrogens with one attached hydrogen (secondary N) is 1. The van der Waals surface area contributed by atoms with Crippen molar-refractivity contribution in [3.05, 3.63) is 82.7 Å². The minimum atomic E-state index is -0.947. The summed E-state index contributed by atoms with van der Waals surface area (Å²) >= 11 is 0. The van der Waals surface area contributed by atoms with Crippen molar-refractivity contribution in [2.75, 3.05) is 0 Å². The summed E-state index contributed by atoms with van der Waals surface area (Å²) in [5.41, 5.74) is 9.62. The molecule has 0 atom stereocenters. The van der Waals surface area contributed by atoms with Gasteiger partial charge in [0.25, 0.3) is 0 Å². The summed E-state index contributed by atoms with van der Waals surface area (Å²) in [4.78, 5) is 20.0. The Hall–Kier alpha value is -3.03. The molecule has 27 heavy (non-hydrogen) atoms. The Morgan fingerprint density at radius 2 is 2.04 bits per heavy atom. The maximum Gasteiger partial charge on any atom is 0.335 e. The monoisotopic (exact) mass is 365 g/mol. The highest BCUT2D eigenvalue weighted by molar-refractivity contribution is 5.87. The molecule has 0 spiro atoms. The first-order chi connectivity index (χ1) is 13.0. The van der Waals surface area contributed by atoms with Crippen molar-refractivity contribution in [1.82, 2.24) is 19.9 Å². The van der Waals surface area contributed by atoms with Crippen molar-refractivity contribution < 1.29 is 9.90 Å². The standard InChI is InChI=1S/C20H23N5O2/c1-14-7-17(20(26)27)9-18(24-14)11-22-12-19-23-5-6-25(19)13-16-4-2-3-15(8-16)10-21/h2-9,22H,10-13,21H2,1H3,(H,26,27). The normalized spacial score (nSPS) is 10.9. The molecule has 0 saturated carbocycles. The van der Waals surface area contributed by atoms with E-state index in [0.717, 1.165) is 17.9 Å². The quantitative estimate of drug-likeness (QED) is 0.564. The Labute approximate surface area is 157 Å². The zero-order chi connectivity index (χ0) is 19.2. The van der Waals surface area contributed by atoms with Crippen molar-refractivity contribution in [3.63, 3.8) is 0 Å². The van der Waals surface area contributed by atoms with E-state index in [2.05, 4.69) is 32.0 Å². The van der Waals surface area contributed by atoms with Crippen molar-refractivity contribution in [3.8, 4) is 0 Å². The molecule has 0 fully saturated rings. The second-order valence-electron chi connectivity index (χ2n) is 6.39. The lowest BCUT2D eigenvalue weighted by molar-refractivity contribution is 0.0696. The van der Waals surface area contributed by atoms with Crippen molar-refractivity contribution in [2.24, 2.45) is 5.73 Å². The summed E-state index contributed by atoms with van der Waals surface area (Å²) < 4.78 is 2.08. The number of rotatable bonds is 8. The van der Waals surface area contributed by atoms with Gasteiger partial charge in [0.05, 0.1) is 17.8 Å². The molecule has 3 rings (SSSR count). The summed E-state index contributed by atoms with van der Waals surface area (Å²) in [6.07, 6.45) is 3.72. The molecule has 0 saturated heterocycles. The number of nitrogens with two attached hydrogens (primary N) is 1. The van der Waals surface area contributed by atoms with Crippen LogP contribution in [-0.2, 0) is 26.2 Å². The number of aromatic nitrogens is 3. The third kappa shape index (κ3) is 4.99. The zero-order valence-corrected chi connectivity index (χ0v) is 15.2. The van der Waals surface area contributed by atoms with Gasteiger partial charge in [-0.25, -0.2) is 9.78 Å². The minimum Gasteiger partial charge on any atom is -0.478 e. The van der Waals surface area contributed by atoms with Crippen LogP contribution < -0.4 is 11.1 Å². The van der Waals surface area contributed by atoms with Crippen molar-refractivity contribution >= 4 is 5.97 Å². The average Bonchev–Trinajstić information content (AvgIpc) is 3.08. The molecule has 0 aliphatic rings. The van der Waals surface area contributed by atoms with Crippen LogP contribution in [0.15, 0.2) is 48.8 Å². The highest BCUT2D eigenvalue weighted by Crippen LogP contribution is 2.10. The van der Waals surface area contributed by atoms with Crippen LogP contribution in [0.2, 0.25) is 0 Å². The van der Waals surface area contributed by atoms with Crippen molar-refractivity contribution in [1.29, 1.82) is 0 Å². The summed E-state index contributed by atoms with van der Waals surface area (Å²) in [6.45, 7) is 4.06. The van der Waals surface area contributed by atoms with Gasteiger partial charge in [0.1, 0.15) is 5.82 Å². The van der Waals surface area contributed by atoms with Crippen LogP contribution in [0.25, 0.3) is 0 Å². The van der Waals surface area contributed by atoms with Gasteiger partial charge in [0.15, 0.2) is 0 Å². The number of aryl methyl sites for hydroxylation is 1. The van der Waals surface area contributed by atoms with Crippen LogP contribution in [-0.4, -0.2) is 25.6 Å². The molecule has 2 aromatic heterocycles. The Bertz CT molecular complexity index is 936. The predicted octanol–water partition coefficient (Wildman–Crippen LogP) is 2.08. The van der Waals surface area contributed by atoms with E-state index in [0.29, 0.717) is 31.0 Å². The van der Waals surface area contributed by atoms with E-state index in [1.807, 2.05) is 18.3 Å². The number of carboxylic acids is 1. The number of aromatic carboxylic acids is 1. The van der Waals surface area contributed by atoms with E-state index in [9.17, 15) is 4.79 Å². The topological polar surface area (TPSA) is 106 Å². The molecule has 0 radical (unpaired) electrons. The number of benzene rings is 1. The fourth-order valence-corrected chi connectivity index (χ4v) is 2.96. The fourth-order valence-electron chi connectivity index (χ4n) is 2.96. The molecular weight excluding hydrogens is 342 g/mol. The first kappa shape index (κ1) is 18.8. The third-order valence-corrected chi connectivity index (χ3v) is 4.22. The smallest absolute Gasteiger partial charge is 0.335 e. The fraction of sp³-hybridized carbons (Fsp3) is 0.250. The third-order valence-electron chi connectivity index (χ3n) is 4.22. The lowest BCUT2D eigenvalue weighted by Crippen LogP contribution is -2.18. The van der Waals surface area contributed by atoms with E-state index in [-0.39, 0.29) is 5.56 Å². The van der Waals surface area contributed by atoms with Gasteiger partial charge in [-0.2, -0.15) is 0 Å². The van der Waals surface area contributed by atoms with Gasteiger partial charge < -0.3 is 20.7 Å². The first-order valence-electron chi connectivity index (χ1n) is 8.74. The van der Waals surface area contributed by atoms with Gasteiger partial charge in [-0.05, 0) is 30.2 Å². The van der Waals surface area contributed by atoms with Gasteiger partial charge in [0, 0.05) is 37.7 Å². The SMILES string of the molecule is Cc1cc(C(=O)O)cc(CNCc2nccn2Cc2cccc(CN)c2)n1. The van der Waals surface area contributed by atoms with E-state index >= 15 is 0 Å². The summed E-state index contributed by atoms with van der Waals surface area (Å²) in [7, 11) is 0. The minimum absolute atomic E-state index is 0.251.